The van der Waals surface area contributed by atoms with Crippen LogP contribution in [0.2, 0.25) is 0 Å². The Balaban J connectivity index is 3.37. The minimum atomic E-state index is -0.312. The van der Waals surface area contributed by atoms with E-state index in [1.54, 1.807) is 6.07 Å². The average Bonchev–Trinajstić information content (AvgIpc) is 2.01. The van der Waals surface area contributed by atoms with E-state index in [1.165, 1.54) is 0 Å². The van der Waals surface area contributed by atoms with Gasteiger partial charge < -0.3 is 0 Å². The van der Waals surface area contributed by atoms with Crippen LogP contribution < -0.4 is 0 Å². The fourth-order valence-electron chi connectivity index (χ4n) is 1.43. The topological polar surface area (TPSA) is 43.1 Å². The van der Waals surface area contributed by atoms with Crippen LogP contribution in [0.15, 0.2) is 18.2 Å². The molecule has 0 saturated carbocycles. The molecule has 3 heteroatoms. The molecule has 0 heterocycles. The molecule has 14 heavy (non-hydrogen) atoms. The van der Waals surface area contributed by atoms with E-state index < -0.39 is 0 Å². The van der Waals surface area contributed by atoms with Crippen LogP contribution in [0, 0.1) is 17.0 Å². The van der Waals surface area contributed by atoms with Gasteiger partial charge in [-0.25, -0.2) is 0 Å². The first-order chi connectivity index (χ1) is 6.32. The molecule has 0 aliphatic rings. The summed E-state index contributed by atoms with van der Waals surface area (Å²) in [6.07, 6.45) is 0. The Bertz CT molecular complexity index is 364. The number of nitro benzene ring substituents is 1. The van der Waals surface area contributed by atoms with Crippen molar-refractivity contribution in [2.75, 3.05) is 0 Å². The average molecular weight is 193 g/mol. The fraction of sp³-hybridized carbons (Fsp3) is 0.455. The summed E-state index contributed by atoms with van der Waals surface area (Å²) in [6.45, 7) is 7.79. The van der Waals surface area contributed by atoms with Gasteiger partial charge in [0, 0.05) is 11.6 Å². The lowest BCUT2D eigenvalue weighted by atomic mass is 9.85. The molecule has 0 unspecified atom stereocenters. The number of aryl methyl sites for hydroxylation is 1. The first kappa shape index (κ1) is 10.7. The second-order valence-corrected chi connectivity index (χ2v) is 4.53. The number of nitrogens with zero attached hydrogens (tertiary/aromatic N) is 1. The number of hydrogen-bond donors (Lipinski definition) is 0. The van der Waals surface area contributed by atoms with E-state index in [2.05, 4.69) is 0 Å². The molecule has 0 aromatic heterocycles. The van der Waals surface area contributed by atoms with Crippen molar-refractivity contribution in [2.24, 2.45) is 0 Å². The number of hydrogen-bond acceptors (Lipinski definition) is 2. The van der Waals surface area contributed by atoms with E-state index >= 15 is 0 Å². The zero-order chi connectivity index (χ0) is 10.9. The molecule has 0 radical (unpaired) electrons. The van der Waals surface area contributed by atoms with Gasteiger partial charge in [0.2, 0.25) is 0 Å². The zero-order valence-corrected chi connectivity index (χ0v) is 9.00. The highest BCUT2D eigenvalue weighted by Crippen LogP contribution is 2.31. The maximum Gasteiger partial charge on any atom is 0.273 e. The van der Waals surface area contributed by atoms with Gasteiger partial charge >= 0.3 is 0 Å². The van der Waals surface area contributed by atoms with Crippen molar-refractivity contribution in [3.63, 3.8) is 0 Å². The Labute approximate surface area is 83.9 Å². The molecule has 0 fully saturated rings. The van der Waals surface area contributed by atoms with Crippen molar-refractivity contribution in [1.29, 1.82) is 0 Å². The standard InChI is InChI=1S/C11H15NO2/c1-8-5-6-9(11(2,3)4)10(7-8)12(13)14/h5-7H,1-4H3. The Kier molecular flexibility index (Phi) is 2.60. The SMILES string of the molecule is Cc1ccc(C(C)(C)C)c([N+](=O)[O-])c1. The van der Waals surface area contributed by atoms with E-state index in [9.17, 15) is 10.1 Å². The second kappa shape index (κ2) is 3.40. The summed E-state index contributed by atoms with van der Waals surface area (Å²) in [6, 6.07) is 5.38. The molecule has 0 atom stereocenters. The van der Waals surface area contributed by atoms with Crippen LogP contribution in [0.25, 0.3) is 0 Å². The molecule has 0 aliphatic carbocycles. The lowest BCUT2D eigenvalue weighted by molar-refractivity contribution is -0.386. The van der Waals surface area contributed by atoms with Crippen molar-refractivity contribution in [3.05, 3.63) is 39.4 Å². The summed E-state index contributed by atoms with van der Waals surface area (Å²) in [5.41, 5.74) is 1.74. The molecule has 76 valence electrons. The summed E-state index contributed by atoms with van der Waals surface area (Å²) in [5.74, 6) is 0. The summed E-state index contributed by atoms with van der Waals surface area (Å²) >= 11 is 0. The van der Waals surface area contributed by atoms with Gasteiger partial charge in [0.25, 0.3) is 5.69 Å². The quantitative estimate of drug-likeness (QED) is 0.507. The number of nitro groups is 1. The van der Waals surface area contributed by atoms with Crippen molar-refractivity contribution in [3.8, 4) is 0 Å². The molecular formula is C11H15NO2. The normalized spacial score (nSPS) is 11.4. The van der Waals surface area contributed by atoms with Gasteiger partial charge in [0.15, 0.2) is 0 Å². The van der Waals surface area contributed by atoms with Crippen molar-refractivity contribution < 1.29 is 4.92 Å². The number of benzene rings is 1. The van der Waals surface area contributed by atoms with Crippen molar-refractivity contribution in [2.45, 2.75) is 33.1 Å². The van der Waals surface area contributed by atoms with E-state index in [0.717, 1.165) is 11.1 Å². The predicted molar refractivity (Wildman–Crippen MR) is 56.5 cm³/mol. The maximum atomic E-state index is 10.8. The predicted octanol–water partition coefficient (Wildman–Crippen LogP) is 3.20. The lowest BCUT2D eigenvalue weighted by Gasteiger charge is -2.18. The molecule has 0 amide bonds. The Hall–Kier alpha value is -1.38. The van der Waals surface area contributed by atoms with E-state index in [-0.39, 0.29) is 16.0 Å². The first-order valence-electron chi connectivity index (χ1n) is 4.58. The minimum absolute atomic E-state index is 0.184. The van der Waals surface area contributed by atoms with Crippen molar-refractivity contribution >= 4 is 5.69 Å². The highest BCUT2D eigenvalue weighted by atomic mass is 16.6. The summed E-state index contributed by atoms with van der Waals surface area (Å²) in [7, 11) is 0. The summed E-state index contributed by atoms with van der Waals surface area (Å²) in [4.78, 5) is 10.5. The minimum Gasteiger partial charge on any atom is -0.258 e. The maximum absolute atomic E-state index is 10.8. The highest BCUT2D eigenvalue weighted by molar-refractivity contribution is 5.46. The third kappa shape index (κ3) is 2.10. The molecule has 3 nitrogen and oxygen atoms in total. The summed E-state index contributed by atoms with van der Waals surface area (Å²) in [5, 5.41) is 10.8. The molecule has 1 aromatic carbocycles. The van der Waals surface area contributed by atoms with E-state index in [1.807, 2.05) is 39.8 Å². The smallest absolute Gasteiger partial charge is 0.258 e. The van der Waals surface area contributed by atoms with E-state index in [4.69, 9.17) is 0 Å². The second-order valence-electron chi connectivity index (χ2n) is 4.53. The highest BCUT2D eigenvalue weighted by Gasteiger charge is 2.24. The largest absolute Gasteiger partial charge is 0.273 e. The van der Waals surface area contributed by atoms with Crippen LogP contribution in [0.4, 0.5) is 5.69 Å². The van der Waals surface area contributed by atoms with Crippen LogP contribution in [0.5, 0.6) is 0 Å². The van der Waals surface area contributed by atoms with E-state index in [0.29, 0.717) is 0 Å². The van der Waals surface area contributed by atoms with Crippen LogP contribution in [-0.2, 0) is 5.41 Å². The van der Waals surface area contributed by atoms with Gasteiger partial charge in [-0.1, -0.05) is 32.9 Å². The van der Waals surface area contributed by atoms with Crippen LogP contribution in [0.3, 0.4) is 0 Å². The van der Waals surface area contributed by atoms with Gasteiger partial charge in [-0.3, -0.25) is 10.1 Å². The molecule has 1 rings (SSSR count). The van der Waals surface area contributed by atoms with Crippen molar-refractivity contribution in [1.82, 2.24) is 0 Å². The molecule has 0 aliphatic heterocycles. The van der Waals surface area contributed by atoms with Gasteiger partial charge in [0.1, 0.15) is 0 Å². The Morgan fingerprint density at radius 1 is 1.29 bits per heavy atom. The number of rotatable bonds is 1. The third-order valence-electron chi connectivity index (χ3n) is 2.16. The van der Waals surface area contributed by atoms with Gasteiger partial charge in [-0.2, -0.15) is 0 Å². The first-order valence-corrected chi connectivity index (χ1v) is 4.58. The Morgan fingerprint density at radius 2 is 1.86 bits per heavy atom. The third-order valence-corrected chi connectivity index (χ3v) is 2.16. The molecule has 0 spiro atoms. The van der Waals surface area contributed by atoms with Gasteiger partial charge in [0.05, 0.1) is 4.92 Å². The molecule has 0 saturated heterocycles. The molecule has 0 N–H and O–H groups in total. The Morgan fingerprint density at radius 3 is 2.29 bits per heavy atom. The molecular weight excluding hydrogens is 178 g/mol. The van der Waals surface area contributed by atoms with Gasteiger partial charge in [-0.05, 0) is 17.9 Å². The summed E-state index contributed by atoms with van der Waals surface area (Å²) < 4.78 is 0. The van der Waals surface area contributed by atoms with Crippen LogP contribution in [-0.4, -0.2) is 4.92 Å². The molecule has 1 aromatic rings. The monoisotopic (exact) mass is 193 g/mol. The van der Waals surface area contributed by atoms with Crippen LogP contribution >= 0.6 is 0 Å². The fourth-order valence-corrected chi connectivity index (χ4v) is 1.43. The lowest BCUT2D eigenvalue weighted by Crippen LogP contribution is -2.13. The zero-order valence-electron chi connectivity index (χ0n) is 9.00. The molecule has 0 bridgehead atoms. The van der Waals surface area contributed by atoms with Crippen LogP contribution in [0.1, 0.15) is 31.9 Å². The van der Waals surface area contributed by atoms with Gasteiger partial charge in [-0.15, -0.1) is 0 Å².